The maximum atomic E-state index is 13.0. The van der Waals surface area contributed by atoms with Crippen LogP contribution in [0.5, 0.6) is 5.75 Å². The first-order chi connectivity index (χ1) is 18.4. The van der Waals surface area contributed by atoms with Gasteiger partial charge in [-0.15, -0.1) is 0 Å². The number of hydrogen-bond donors (Lipinski definition) is 2. The van der Waals surface area contributed by atoms with E-state index in [2.05, 4.69) is 53.0 Å². The summed E-state index contributed by atoms with van der Waals surface area (Å²) < 4.78 is 0. The van der Waals surface area contributed by atoms with Crippen LogP contribution in [0.25, 0.3) is 0 Å². The molecule has 1 aromatic carbocycles. The molecule has 2 aliphatic carbocycles. The molecule has 2 heterocycles. The number of aromatic nitrogens is 1. The van der Waals surface area contributed by atoms with Crippen LogP contribution < -0.4 is 10.2 Å². The second-order valence-electron chi connectivity index (χ2n) is 11.8. The van der Waals surface area contributed by atoms with Crippen molar-refractivity contribution in [2.45, 2.75) is 59.3 Å². The van der Waals surface area contributed by atoms with Crippen molar-refractivity contribution in [1.29, 1.82) is 0 Å². The van der Waals surface area contributed by atoms with Crippen LogP contribution in [0.3, 0.4) is 0 Å². The van der Waals surface area contributed by atoms with Gasteiger partial charge in [0.2, 0.25) is 0 Å². The van der Waals surface area contributed by atoms with Crippen molar-refractivity contribution >= 4 is 17.3 Å². The minimum absolute atomic E-state index is 0.00434. The number of phenols is 1. The predicted molar refractivity (Wildman–Crippen MR) is 155 cm³/mol. The van der Waals surface area contributed by atoms with Gasteiger partial charge in [-0.25, -0.2) is 4.98 Å². The minimum atomic E-state index is 0.00434. The van der Waals surface area contributed by atoms with Gasteiger partial charge in [-0.05, 0) is 92.2 Å². The van der Waals surface area contributed by atoms with Crippen LogP contribution in [-0.2, 0) is 11.2 Å². The maximum Gasteiger partial charge on any atom is 0.152 e. The number of anilines is 2. The van der Waals surface area contributed by atoms with Crippen molar-refractivity contribution in [2.75, 3.05) is 49.5 Å². The molecular formula is C32H44N4O2. The van der Waals surface area contributed by atoms with E-state index >= 15 is 0 Å². The molecule has 38 heavy (non-hydrogen) atoms. The Kier molecular flexibility index (Phi) is 8.08. The molecule has 1 aliphatic heterocycles. The fourth-order valence-electron chi connectivity index (χ4n) is 7.34. The van der Waals surface area contributed by atoms with Gasteiger partial charge in [-0.3, -0.25) is 9.69 Å². The van der Waals surface area contributed by atoms with Gasteiger partial charge in [0, 0.05) is 58.3 Å². The van der Waals surface area contributed by atoms with Crippen LogP contribution in [0.4, 0.5) is 11.5 Å². The number of benzene rings is 1. The highest BCUT2D eigenvalue weighted by molar-refractivity contribution is 5.81. The molecule has 5 rings (SSSR count). The SMILES string of the molecule is CCNc1cccnc1N1CCN(CC=C2CCC3C(CCc4cc(O)ccc4C)CC(=O)CC23C)CC1. The van der Waals surface area contributed by atoms with E-state index in [-0.39, 0.29) is 5.41 Å². The Bertz CT molecular complexity index is 1170. The Morgan fingerprint density at radius 1 is 1.21 bits per heavy atom. The second kappa shape index (κ2) is 11.5. The highest BCUT2D eigenvalue weighted by Crippen LogP contribution is 2.57. The van der Waals surface area contributed by atoms with Crippen LogP contribution in [0.2, 0.25) is 0 Å². The molecule has 2 saturated carbocycles. The van der Waals surface area contributed by atoms with Crippen molar-refractivity contribution < 1.29 is 9.90 Å². The fraction of sp³-hybridized carbons (Fsp3) is 0.562. The molecule has 6 nitrogen and oxygen atoms in total. The molecule has 2 aromatic rings. The molecule has 1 saturated heterocycles. The van der Waals surface area contributed by atoms with E-state index in [9.17, 15) is 9.90 Å². The van der Waals surface area contributed by atoms with Crippen molar-refractivity contribution in [3.05, 3.63) is 59.3 Å². The summed E-state index contributed by atoms with van der Waals surface area (Å²) in [7, 11) is 0. The lowest BCUT2D eigenvalue weighted by Crippen LogP contribution is -2.47. The summed E-state index contributed by atoms with van der Waals surface area (Å²) in [6.07, 6.45) is 10.0. The molecule has 3 atom stereocenters. The largest absolute Gasteiger partial charge is 0.508 e. The Balaban J connectivity index is 1.20. The number of hydrogen-bond acceptors (Lipinski definition) is 6. The number of Topliss-reactive ketones (excluding diaryl/α,β-unsaturated/α-hetero) is 1. The van der Waals surface area contributed by atoms with E-state index in [1.807, 2.05) is 24.4 Å². The molecule has 0 bridgehead atoms. The van der Waals surface area contributed by atoms with Crippen molar-refractivity contribution in [2.24, 2.45) is 17.3 Å². The molecule has 0 amide bonds. The van der Waals surface area contributed by atoms with Gasteiger partial charge in [-0.1, -0.05) is 24.6 Å². The van der Waals surface area contributed by atoms with Gasteiger partial charge in [0.25, 0.3) is 0 Å². The quantitative estimate of drug-likeness (QED) is 0.445. The normalized spacial score (nSPS) is 27.1. The molecule has 2 N–H and O–H groups in total. The van der Waals surface area contributed by atoms with Gasteiger partial charge in [0.05, 0.1) is 5.69 Å². The second-order valence-corrected chi connectivity index (χ2v) is 11.8. The number of pyridine rings is 1. The third-order valence-corrected chi connectivity index (χ3v) is 9.44. The standard InChI is InChI=1S/C32H44N4O2/c1-4-33-30-6-5-14-34-31(30)36-18-16-35(17-19-36)15-13-26-10-12-29-25(21-28(38)22-32(26,29)3)9-8-24-20-27(37)11-7-23(24)2/h5-7,11,13-14,20,25,29,33,37H,4,8-10,12,15-19,21-22H2,1-3H3. The number of ketones is 1. The molecule has 3 aliphatic rings. The zero-order chi connectivity index (χ0) is 26.7. The number of aromatic hydroxyl groups is 1. The summed E-state index contributed by atoms with van der Waals surface area (Å²) in [6.45, 7) is 12.5. The highest BCUT2D eigenvalue weighted by atomic mass is 16.3. The van der Waals surface area contributed by atoms with Gasteiger partial charge in [0.15, 0.2) is 5.82 Å². The summed E-state index contributed by atoms with van der Waals surface area (Å²) in [6, 6.07) is 9.76. The zero-order valence-electron chi connectivity index (χ0n) is 23.4. The predicted octanol–water partition coefficient (Wildman–Crippen LogP) is 5.60. The Hall–Kier alpha value is -2.86. The van der Waals surface area contributed by atoms with Crippen molar-refractivity contribution in [3.63, 3.8) is 0 Å². The molecule has 3 unspecified atom stereocenters. The third-order valence-electron chi connectivity index (χ3n) is 9.44. The molecule has 1 aromatic heterocycles. The van der Waals surface area contributed by atoms with E-state index < -0.39 is 0 Å². The van der Waals surface area contributed by atoms with Gasteiger partial charge >= 0.3 is 0 Å². The number of aryl methyl sites for hydroxylation is 2. The molecule has 0 spiro atoms. The lowest BCUT2D eigenvalue weighted by molar-refractivity contribution is -0.126. The summed E-state index contributed by atoms with van der Waals surface area (Å²) in [5.74, 6) is 2.83. The molecule has 204 valence electrons. The third kappa shape index (κ3) is 5.61. The highest BCUT2D eigenvalue weighted by Gasteiger charge is 2.50. The van der Waals surface area contributed by atoms with Gasteiger partial charge in [0.1, 0.15) is 11.5 Å². The lowest BCUT2D eigenvalue weighted by atomic mass is 9.61. The van der Waals surface area contributed by atoms with E-state index in [1.54, 1.807) is 6.07 Å². The summed E-state index contributed by atoms with van der Waals surface area (Å²) >= 11 is 0. The van der Waals surface area contributed by atoms with E-state index in [4.69, 9.17) is 0 Å². The number of rotatable bonds is 8. The first-order valence-corrected chi connectivity index (χ1v) is 14.5. The minimum Gasteiger partial charge on any atom is -0.508 e. The van der Waals surface area contributed by atoms with E-state index in [0.29, 0.717) is 29.8 Å². The monoisotopic (exact) mass is 516 g/mol. The average molecular weight is 517 g/mol. The number of carbonyl (C=O) groups excluding carboxylic acids is 1. The average Bonchev–Trinajstić information content (AvgIpc) is 3.24. The maximum absolute atomic E-state index is 13.0. The number of nitrogens with one attached hydrogen (secondary N) is 1. The van der Waals surface area contributed by atoms with E-state index in [1.165, 1.54) is 23.1 Å². The molecule has 3 fully saturated rings. The first-order valence-electron chi connectivity index (χ1n) is 14.5. The first kappa shape index (κ1) is 26.7. The van der Waals surface area contributed by atoms with Gasteiger partial charge in [-0.2, -0.15) is 0 Å². The summed E-state index contributed by atoms with van der Waals surface area (Å²) in [5.41, 5.74) is 5.06. The smallest absolute Gasteiger partial charge is 0.152 e. The number of allylic oxidation sites excluding steroid dienone is 1. The number of fused-ring (bicyclic) bond motifs is 1. The summed E-state index contributed by atoms with van der Waals surface area (Å²) in [4.78, 5) is 22.6. The van der Waals surface area contributed by atoms with Crippen LogP contribution in [0.1, 0.15) is 57.1 Å². The van der Waals surface area contributed by atoms with E-state index in [0.717, 1.165) is 76.5 Å². The summed E-state index contributed by atoms with van der Waals surface area (Å²) in [5, 5.41) is 13.4. The Morgan fingerprint density at radius 3 is 2.82 bits per heavy atom. The number of carbonyl (C=O) groups is 1. The van der Waals surface area contributed by atoms with Crippen LogP contribution in [0, 0.1) is 24.2 Å². The number of piperazine rings is 1. The molecular weight excluding hydrogens is 472 g/mol. The zero-order valence-corrected chi connectivity index (χ0v) is 23.4. The van der Waals surface area contributed by atoms with Crippen molar-refractivity contribution in [1.82, 2.24) is 9.88 Å². The fourth-order valence-corrected chi connectivity index (χ4v) is 7.34. The molecule has 6 heteroatoms. The van der Waals surface area contributed by atoms with Crippen LogP contribution >= 0.6 is 0 Å². The topological polar surface area (TPSA) is 68.7 Å². The van der Waals surface area contributed by atoms with Gasteiger partial charge < -0.3 is 15.3 Å². The molecule has 0 radical (unpaired) electrons. The lowest BCUT2D eigenvalue weighted by Gasteiger charge is -2.42. The Labute approximate surface area is 228 Å². The van der Waals surface area contributed by atoms with Crippen molar-refractivity contribution in [3.8, 4) is 5.75 Å². The van der Waals surface area contributed by atoms with Crippen LogP contribution in [-0.4, -0.2) is 60.0 Å². The number of nitrogens with zero attached hydrogens (tertiary/aromatic N) is 3. The van der Waals surface area contributed by atoms with Crippen LogP contribution in [0.15, 0.2) is 48.2 Å². The Morgan fingerprint density at radius 2 is 2.03 bits per heavy atom. The number of phenolic OH excluding ortho intramolecular Hbond substituents is 1.